The number of fused-ring (bicyclic) bond motifs is 3. The lowest BCUT2D eigenvalue weighted by Crippen LogP contribution is -2.58. The zero-order valence-electron chi connectivity index (χ0n) is 18.5. The summed E-state index contributed by atoms with van der Waals surface area (Å²) >= 11 is 0. The summed E-state index contributed by atoms with van der Waals surface area (Å²) in [7, 11) is 0. The predicted octanol–water partition coefficient (Wildman–Crippen LogP) is 1.38. The molecule has 6 N–H and O–H groups in total. The molecule has 0 heterocycles. The van der Waals surface area contributed by atoms with E-state index in [9.17, 15) is 39.6 Å². The number of Topliss-reactive ketones (excluding diaryl/α,β-unsaturated/α-hetero) is 2. The van der Waals surface area contributed by atoms with Gasteiger partial charge in [-0.1, -0.05) is 13.3 Å². The van der Waals surface area contributed by atoms with E-state index >= 15 is 0 Å². The Morgan fingerprint density at radius 2 is 1.88 bits per heavy atom. The second-order valence-corrected chi connectivity index (χ2v) is 8.88. The van der Waals surface area contributed by atoms with Crippen molar-refractivity contribution in [2.75, 3.05) is 6.61 Å². The first-order valence-electron chi connectivity index (χ1n) is 11.0. The molecule has 1 aromatic rings. The van der Waals surface area contributed by atoms with Crippen molar-refractivity contribution < 1.29 is 44.3 Å². The van der Waals surface area contributed by atoms with E-state index in [-0.39, 0.29) is 47.5 Å². The van der Waals surface area contributed by atoms with Crippen LogP contribution < -0.4 is 5.73 Å². The van der Waals surface area contributed by atoms with Crippen molar-refractivity contribution in [3.05, 3.63) is 45.7 Å². The van der Waals surface area contributed by atoms with Gasteiger partial charge in [-0.15, -0.1) is 0 Å². The molecule has 10 nitrogen and oxygen atoms in total. The molecule has 0 aromatic heterocycles. The minimum Gasteiger partial charge on any atom is -0.508 e. The van der Waals surface area contributed by atoms with Crippen molar-refractivity contribution in [1.82, 2.24) is 0 Å². The van der Waals surface area contributed by atoms with Gasteiger partial charge in [0.15, 0.2) is 11.4 Å². The van der Waals surface area contributed by atoms with Crippen LogP contribution in [0.25, 0.3) is 5.76 Å². The van der Waals surface area contributed by atoms with Crippen LogP contribution in [-0.2, 0) is 25.5 Å². The standard InChI is InChI=1S/C24H25NO9/c1-2-3-6-34-23(32)12-4-5-14(26)17-13(12)8-10-7-11-9-15(27)18(22(25)31)21(30)24(11,33)20(29)16(10)19(17)28/h4-5,10-11,26,28,30,33H,2-3,6-9H2,1H3,(H2,25,31). The maximum absolute atomic E-state index is 13.4. The van der Waals surface area contributed by atoms with Gasteiger partial charge < -0.3 is 30.9 Å². The van der Waals surface area contributed by atoms with E-state index < -0.39 is 64.4 Å². The second kappa shape index (κ2) is 8.28. The molecule has 1 aromatic carbocycles. The summed E-state index contributed by atoms with van der Waals surface area (Å²) in [4.78, 5) is 50.2. The fraction of sp³-hybridized carbons (Fsp3) is 0.417. The van der Waals surface area contributed by atoms with Crippen LogP contribution in [0.4, 0.5) is 0 Å². The number of phenolic OH excluding ortho intramolecular Hbond substituents is 1. The average molecular weight is 471 g/mol. The van der Waals surface area contributed by atoms with Crippen LogP contribution in [0.3, 0.4) is 0 Å². The Bertz CT molecular complexity index is 1200. The number of unbranched alkanes of at least 4 members (excludes halogenated alkanes) is 1. The molecule has 4 rings (SSSR count). The quantitative estimate of drug-likeness (QED) is 0.240. The first-order chi connectivity index (χ1) is 16.0. The van der Waals surface area contributed by atoms with E-state index in [1.54, 1.807) is 0 Å². The summed E-state index contributed by atoms with van der Waals surface area (Å²) in [5, 5.41) is 43.2. The lowest BCUT2D eigenvalue weighted by atomic mass is 9.59. The van der Waals surface area contributed by atoms with Crippen molar-refractivity contribution in [2.24, 2.45) is 17.6 Å². The van der Waals surface area contributed by atoms with Crippen molar-refractivity contribution in [3.8, 4) is 5.75 Å². The van der Waals surface area contributed by atoms with E-state index in [0.29, 0.717) is 6.42 Å². The third-order valence-corrected chi connectivity index (χ3v) is 6.90. The molecular formula is C24H25NO9. The number of amides is 1. The lowest BCUT2D eigenvalue weighted by Gasteiger charge is -2.46. The number of rotatable bonds is 5. The van der Waals surface area contributed by atoms with E-state index in [0.717, 1.165) is 6.42 Å². The number of hydrogen-bond acceptors (Lipinski definition) is 9. The normalized spacial score (nSPS) is 26.1. The Morgan fingerprint density at radius 3 is 2.53 bits per heavy atom. The number of carbonyl (C=O) groups is 4. The molecule has 0 aliphatic heterocycles. The lowest BCUT2D eigenvalue weighted by molar-refractivity contribution is -0.147. The number of phenols is 1. The molecule has 180 valence electrons. The zero-order chi connectivity index (χ0) is 24.9. The molecule has 3 aliphatic carbocycles. The van der Waals surface area contributed by atoms with Crippen LogP contribution in [0.15, 0.2) is 29.0 Å². The number of ether oxygens (including phenoxy) is 1. The van der Waals surface area contributed by atoms with Crippen LogP contribution in [0.5, 0.6) is 5.75 Å². The molecule has 1 fully saturated rings. The molecule has 10 heteroatoms. The fourth-order valence-corrected chi connectivity index (χ4v) is 5.20. The van der Waals surface area contributed by atoms with Gasteiger partial charge in [0.05, 0.1) is 17.7 Å². The largest absolute Gasteiger partial charge is 0.508 e. The summed E-state index contributed by atoms with van der Waals surface area (Å²) < 4.78 is 5.28. The van der Waals surface area contributed by atoms with Gasteiger partial charge in [-0.2, -0.15) is 0 Å². The Morgan fingerprint density at radius 1 is 1.18 bits per heavy atom. The van der Waals surface area contributed by atoms with Crippen molar-refractivity contribution >= 4 is 29.2 Å². The first kappa shape index (κ1) is 23.5. The third kappa shape index (κ3) is 3.28. The highest BCUT2D eigenvalue weighted by molar-refractivity contribution is 6.22. The third-order valence-electron chi connectivity index (χ3n) is 6.90. The smallest absolute Gasteiger partial charge is 0.338 e. The van der Waals surface area contributed by atoms with Gasteiger partial charge >= 0.3 is 5.97 Å². The molecule has 3 atom stereocenters. The van der Waals surface area contributed by atoms with Crippen LogP contribution in [0, 0.1) is 11.8 Å². The van der Waals surface area contributed by atoms with Gasteiger partial charge in [-0.3, -0.25) is 14.4 Å². The second-order valence-electron chi connectivity index (χ2n) is 8.88. The minimum atomic E-state index is -2.62. The van der Waals surface area contributed by atoms with Gasteiger partial charge in [-0.25, -0.2) is 4.79 Å². The maximum atomic E-state index is 13.4. The van der Waals surface area contributed by atoms with Gasteiger partial charge in [0, 0.05) is 17.9 Å². The molecule has 0 spiro atoms. The zero-order valence-corrected chi connectivity index (χ0v) is 18.5. The predicted molar refractivity (Wildman–Crippen MR) is 117 cm³/mol. The number of aromatic hydroxyl groups is 1. The minimum absolute atomic E-state index is 0.0110. The van der Waals surface area contributed by atoms with Gasteiger partial charge in [0.1, 0.15) is 22.8 Å². The average Bonchev–Trinajstić information content (AvgIpc) is 2.76. The summed E-state index contributed by atoms with van der Waals surface area (Å²) in [6.45, 7) is 2.14. The molecular weight excluding hydrogens is 446 g/mol. The summed E-state index contributed by atoms with van der Waals surface area (Å²) in [6, 6.07) is 2.57. The highest BCUT2D eigenvalue weighted by Crippen LogP contribution is 2.52. The molecule has 3 unspecified atom stereocenters. The van der Waals surface area contributed by atoms with Crippen molar-refractivity contribution in [2.45, 2.75) is 44.6 Å². The van der Waals surface area contributed by atoms with Crippen molar-refractivity contribution in [3.63, 3.8) is 0 Å². The number of primary amides is 1. The topological polar surface area (TPSA) is 184 Å². The fourth-order valence-electron chi connectivity index (χ4n) is 5.20. The van der Waals surface area contributed by atoms with E-state index in [2.05, 4.69) is 0 Å². The van der Waals surface area contributed by atoms with Gasteiger partial charge in [0.25, 0.3) is 5.91 Å². The first-order valence-corrected chi connectivity index (χ1v) is 11.0. The number of benzene rings is 1. The van der Waals surface area contributed by atoms with Crippen LogP contribution in [-0.4, -0.2) is 56.1 Å². The Balaban J connectivity index is 1.84. The molecule has 1 saturated carbocycles. The Kier molecular flexibility index (Phi) is 5.72. The number of nitrogens with two attached hydrogens (primary N) is 1. The number of aliphatic hydroxyl groups excluding tert-OH is 2. The number of ketones is 2. The van der Waals surface area contributed by atoms with Crippen LogP contribution in [0.2, 0.25) is 0 Å². The molecule has 0 saturated heterocycles. The van der Waals surface area contributed by atoms with Crippen LogP contribution >= 0.6 is 0 Å². The highest BCUT2D eigenvalue weighted by atomic mass is 16.5. The van der Waals surface area contributed by atoms with Crippen molar-refractivity contribution in [1.29, 1.82) is 0 Å². The molecule has 0 bridgehead atoms. The SMILES string of the molecule is CCCCOC(=O)c1ccc(O)c2c1CC1CC3CC(=O)C(C(N)=O)=C(O)C3(O)C(=O)C1=C2O. The van der Waals surface area contributed by atoms with E-state index in [1.807, 2.05) is 6.92 Å². The summed E-state index contributed by atoms with van der Waals surface area (Å²) in [6.07, 6.45) is 1.11. The number of esters is 1. The maximum Gasteiger partial charge on any atom is 0.338 e. The Hall–Kier alpha value is -3.66. The summed E-state index contributed by atoms with van der Waals surface area (Å²) in [5.74, 6) is -7.75. The van der Waals surface area contributed by atoms with Crippen LogP contribution in [0.1, 0.15) is 54.1 Å². The Labute approximate surface area is 194 Å². The van der Waals surface area contributed by atoms with E-state index in [4.69, 9.17) is 10.5 Å². The van der Waals surface area contributed by atoms with Gasteiger partial charge in [0.2, 0.25) is 5.78 Å². The molecule has 34 heavy (non-hydrogen) atoms. The summed E-state index contributed by atoms with van der Waals surface area (Å²) in [5.41, 5.74) is 1.70. The molecule has 3 aliphatic rings. The van der Waals surface area contributed by atoms with Gasteiger partial charge in [-0.05, 0) is 42.9 Å². The number of aliphatic hydroxyl groups is 3. The number of hydrogen-bond donors (Lipinski definition) is 5. The highest BCUT2D eigenvalue weighted by Gasteiger charge is 2.60. The van der Waals surface area contributed by atoms with E-state index in [1.165, 1.54) is 12.1 Å². The number of carbonyl (C=O) groups excluding carboxylic acids is 4. The molecule has 0 radical (unpaired) electrons. The molecule has 1 amide bonds. The monoisotopic (exact) mass is 471 g/mol.